The summed E-state index contributed by atoms with van der Waals surface area (Å²) in [7, 11) is -3.33. The first-order valence-electron chi connectivity index (χ1n) is 5.47. The van der Waals surface area contributed by atoms with Crippen molar-refractivity contribution in [3.05, 3.63) is 23.8 Å². The van der Waals surface area contributed by atoms with E-state index in [1.807, 2.05) is 13.8 Å². The Labute approximate surface area is 102 Å². The summed E-state index contributed by atoms with van der Waals surface area (Å²) in [5.41, 5.74) is 6.70. The summed E-state index contributed by atoms with van der Waals surface area (Å²) < 4.78 is 23.1. The maximum Gasteiger partial charge on any atom is 0.177 e. The Balaban J connectivity index is 3.30. The van der Waals surface area contributed by atoms with Crippen LogP contribution in [0, 0.1) is 5.92 Å². The molecule has 1 unspecified atom stereocenters. The van der Waals surface area contributed by atoms with E-state index in [0.29, 0.717) is 0 Å². The number of anilines is 1. The third kappa shape index (κ3) is 3.20. The topological polar surface area (TPSA) is 80.4 Å². The van der Waals surface area contributed by atoms with Crippen molar-refractivity contribution in [1.82, 2.24) is 0 Å². The summed E-state index contributed by atoms with van der Waals surface area (Å²) in [4.78, 5) is 0.133. The lowest BCUT2D eigenvalue weighted by Gasteiger charge is -2.19. The van der Waals surface area contributed by atoms with Crippen LogP contribution in [0.5, 0.6) is 0 Å². The Morgan fingerprint density at radius 3 is 2.35 bits per heavy atom. The Morgan fingerprint density at radius 2 is 1.94 bits per heavy atom. The van der Waals surface area contributed by atoms with E-state index < -0.39 is 9.84 Å². The second-order valence-electron chi connectivity index (χ2n) is 4.60. The van der Waals surface area contributed by atoms with Gasteiger partial charge in [-0.3, -0.25) is 0 Å². The molecule has 0 radical (unpaired) electrons. The minimum absolute atomic E-state index is 0.00914. The molecule has 4 nitrogen and oxygen atoms in total. The van der Waals surface area contributed by atoms with Crippen molar-refractivity contribution >= 4 is 15.5 Å². The van der Waals surface area contributed by atoms with Crippen LogP contribution in [0.3, 0.4) is 0 Å². The van der Waals surface area contributed by atoms with Crippen molar-refractivity contribution in [2.45, 2.75) is 24.7 Å². The fourth-order valence-corrected chi connectivity index (χ4v) is 2.65. The van der Waals surface area contributed by atoms with E-state index in [9.17, 15) is 13.5 Å². The molecular weight excluding hydrogens is 238 g/mol. The first kappa shape index (κ1) is 14.0. The molecule has 17 heavy (non-hydrogen) atoms. The molecule has 0 aliphatic rings. The second-order valence-corrected chi connectivity index (χ2v) is 6.59. The average Bonchev–Trinajstić information content (AvgIpc) is 2.19. The highest BCUT2D eigenvalue weighted by molar-refractivity contribution is 7.90. The maximum absolute atomic E-state index is 11.5. The molecule has 1 aromatic carbocycles. The standard InChI is InChI=1S/C12H19NO3S/c1-8(2)10(7-14)9-4-5-11(13)12(6-9)17(3,15)16/h4-6,8,10,14H,7,13H2,1-3H3. The van der Waals surface area contributed by atoms with Crippen molar-refractivity contribution in [3.63, 3.8) is 0 Å². The Morgan fingerprint density at radius 1 is 1.35 bits per heavy atom. The van der Waals surface area contributed by atoms with Gasteiger partial charge < -0.3 is 10.8 Å². The zero-order chi connectivity index (χ0) is 13.2. The zero-order valence-corrected chi connectivity index (χ0v) is 11.2. The average molecular weight is 257 g/mol. The molecule has 1 rings (SSSR count). The molecule has 0 saturated carbocycles. The summed E-state index contributed by atoms with van der Waals surface area (Å²) in [5, 5.41) is 9.33. The van der Waals surface area contributed by atoms with Gasteiger partial charge in [-0.2, -0.15) is 0 Å². The molecule has 0 amide bonds. The maximum atomic E-state index is 11.5. The SMILES string of the molecule is CC(C)C(CO)c1ccc(N)c(S(C)(=O)=O)c1. The predicted octanol–water partition coefficient (Wildman–Crippen LogP) is 1.40. The lowest BCUT2D eigenvalue weighted by molar-refractivity contribution is 0.237. The number of nitrogen functional groups attached to an aromatic ring is 1. The van der Waals surface area contributed by atoms with Crippen molar-refractivity contribution in [3.8, 4) is 0 Å². The van der Waals surface area contributed by atoms with Gasteiger partial charge in [0, 0.05) is 12.2 Å². The van der Waals surface area contributed by atoms with Crippen LogP contribution in [0.4, 0.5) is 5.69 Å². The number of aliphatic hydroxyl groups is 1. The Bertz CT molecular complexity index is 494. The number of nitrogens with two attached hydrogens (primary N) is 1. The molecular formula is C12H19NO3S. The largest absolute Gasteiger partial charge is 0.398 e. The van der Waals surface area contributed by atoms with Crippen LogP contribution >= 0.6 is 0 Å². The fourth-order valence-electron chi connectivity index (χ4n) is 1.80. The van der Waals surface area contributed by atoms with Gasteiger partial charge in [0.15, 0.2) is 9.84 Å². The number of rotatable bonds is 4. The summed E-state index contributed by atoms with van der Waals surface area (Å²) in [6.45, 7) is 3.96. The van der Waals surface area contributed by atoms with Crippen LogP contribution in [0.15, 0.2) is 23.1 Å². The monoisotopic (exact) mass is 257 g/mol. The number of hydrogen-bond donors (Lipinski definition) is 2. The van der Waals surface area contributed by atoms with Crippen LogP contribution in [0.2, 0.25) is 0 Å². The van der Waals surface area contributed by atoms with Gasteiger partial charge in [0.2, 0.25) is 0 Å². The van der Waals surface area contributed by atoms with Crippen molar-refractivity contribution in [1.29, 1.82) is 0 Å². The van der Waals surface area contributed by atoms with Crippen LogP contribution in [-0.2, 0) is 9.84 Å². The summed E-state index contributed by atoms with van der Waals surface area (Å²) >= 11 is 0. The highest BCUT2D eigenvalue weighted by Gasteiger charge is 2.18. The summed E-state index contributed by atoms with van der Waals surface area (Å²) in [6.07, 6.45) is 1.13. The normalized spacial score (nSPS) is 13.9. The number of aliphatic hydroxyl groups excluding tert-OH is 1. The van der Waals surface area contributed by atoms with Crippen LogP contribution < -0.4 is 5.73 Å². The lowest BCUT2D eigenvalue weighted by Crippen LogP contribution is -2.13. The zero-order valence-electron chi connectivity index (χ0n) is 10.3. The molecule has 0 bridgehead atoms. The van der Waals surface area contributed by atoms with Crippen molar-refractivity contribution in [2.75, 3.05) is 18.6 Å². The lowest BCUT2D eigenvalue weighted by atomic mass is 9.89. The van der Waals surface area contributed by atoms with E-state index in [-0.39, 0.29) is 29.0 Å². The van der Waals surface area contributed by atoms with Crippen molar-refractivity contribution < 1.29 is 13.5 Å². The van der Waals surface area contributed by atoms with E-state index in [0.717, 1.165) is 11.8 Å². The molecule has 0 spiro atoms. The highest BCUT2D eigenvalue weighted by atomic mass is 32.2. The Kier molecular flexibility index (Phi) is 4.16. The molecule has 0 heterocycles. The quantitative estimate of drug-likeness (QED) is 0.799. The molecule has 5 heteroatoms. The minimum Gasteiger partial charge on any atom is -0.398 e. The molecule has 0 aliphatic heterocycles. The number of benzene rings is 1. The first-order valence-corrected chi connectivity index (χ1v) is 7.37. The van der Waals surface area contributed by atoms with E-state index >= 15 is 0 Å². The van der Waals surface area contributed by atoms with Gasteiger partial charge in [-0.05, 0) is 23.6 Å². The van der Waals surface area contributed by atoms with E-state index in [2.05, 4.69) is 0 Å². The van der Waals surface area contributed by atoms with Gasteiger partial charge in [-0.25, -0.2) is 8.42 Å². The summed E-state index contributed by atoms with van der Waals surface area (Å²) in [5.74, 6) is 0.159. The smallest absolute Gasteiger partial charge is 0.177 e. The molecule has 0 aromatic heterocycles. The number of hydrogen-bond acceptors (Lipinski definition) is 4. The van der Waals surface area contributed by atoms with Crippen LogP contribution in [0.1, 0.15) is 25.3 Å². The van der Waals surface area contributed by atoms with Gasteiger partial charge in [0.25, 0.3) is 0 Å². The molecule has 0 fully saturated rings. The van der Waals surface area contributed by atoms with Crippen molar-refractivity contribution in [2.24, 2.45) is 5.92 Å². The van der Waals surface area contributed by atoms with Crippen LogP contribution in [0.25, 0.3) is 0 Å². The molecule has 3 N–H and O–H groups in total. The minimum atomic E-state index is -3.33. The third-order valence-electron chi connectivity index (χ3n) is 2.87. The van der Waals surface area contributed by atoms with Crippen LogP contribution in [-0.4, -0.2) is 26.4 Å². The predicted molar refractivity (Wildman–Crippen MR) is 68.6 cm³/mol. The molecule has 96 valence electrons. The third-order valence-corrected chi connectivity index (χ3v) is 4.02. The molecule has 0 aliphatic carbocycles. The van der Waals surface area contributed by atoms with E-state index in [1.165, 1.54) is 0 Å². The fraction of sp³-hybridized carbons (Fsp3) is 0.500. The molecule has 1 aromatic rings. The molecule has 1 atom stereocenters. The van der Waals surface area contributed by atoms with Gasteiger partial charge in [0.1, 0.15) is 0 Å². The van der Waals surface area contributed by atoms with E-state index in [1.54, 1.807) is 18.2 Å². The molecule has 0 saturated heterocycles. The Hall–Kier alpha value is -1.07. The van der Waals surface area contributed by atoms with Gasteiger partial charge in [0.05, 0.1) is 17.2 Å². The summed E-state index contributed by atoms with van der Waals surface area (Å²) in [6, 6.07) is 4.91. The highest BCUT2D eigenvalue weighted by Crippen LogP contribution is 2.28. The number of sulfone groups is 1. The van der Waals surface area contributed by atoms with E-state index in [4.69, 9.17) is 5.73 Å². The van der Waals surface area contributed by atoms with Gasteiger partial charge in [-0.15, -0.1) is 0 Å². The first-order chi connectivity index (χ1) is 7.77. The second kappa shape index (κ2) is 5.06. The van der Waals surface area contributed by atoms with Gasteiger partial charge >= 0.3 is 0 Å². The van der Waals surface area contributed by atoms with Gasteiger partial charge in [-0.1, -0.05) is 19.9 Å².